The van der Waals surface area contributed by atoms with Crippen LogP contribution in [0.2, 0.25) is 0 Å². The fourth-order valence-electron chi connectivity index (χ4n) is 2.39. The van der Waals surface area contributed by atoms with Crippen molar-refractivity contribution < 1.29 is 4.74 Å². The summed E-state index contributed by atoms with van der Waals surface area (Å²) in [5.41, 5.74) is 2.82. The highest BCUT2D eigenvalue weighted by Crippen LogP contribution is 2.28. The molecule has 0 radical (unpaired) electrons. The quantitative estimate of drug-likeness (QED) is 0.817. The summed E-state index contributed by atoms with van der Waals surface area (Å²) in [7, 11) is 1.78. The third kappa shape index (κ3) is 2.39. The van der Waals surface area contributed by atoms with E-state index in [1.807, 2.05) is 0 Å². The smallest absolute Gasteiger partial charge is 0.0503 e. The highest BCUT2D eigenvalue weighted by molar-refractivity contribution is 5.29. The number of rotatable bonds is 3. The Labute approximate surface area is 91.6 Å². The second-order valence-electron chi connectivity index (χ2n) is 4.37. The number of methoxy groups -OCH3 is 1. The van der Waals surface area contributed by atoms with E-state index in [-0.39, 0.29) is 0 Å². The van der Waals surface area contributed by atoms with Crippen LogP contribution in [-0.4, -0.2) is 20.3 Å². The third-order valence-electron chi connectivity index (χ3n) is 3.19. The normalized spacial score (nSPS) is 25.7. The van der Waals surface area contributed by atoms with Crippen LogP contribution in [0.4, 0.5) is 0 Å². The van der Waals surface area contributed by atoms with Gasteiger partial charge in [0.1, 0.15) is 0 Å². The minimum absolute atomic E-state index is 0.520. The van der Waals surface area contributed by atoms with Crippen molar-refractivity contribution in [2.45, 2.75) is 19.4 Å². The first kappa shape index (κ1) is 10.7. The molecule has 2 heteroatoms. The maximum absolute atomic E-state index is 5.20. The van der Waals surface area contributed by atoms with Crippen LogP contribution >= 0.6 is 0 Å². The van der Waals surface area contributed by atoms with Gasteiger partial charge in [0.2, 0.25) is 0 Å². The van der Waals surface area contributed by atoms with Gasteiger partial charge in [-0.1, -0.05) is 24.3 Å². The Bertz CT molecular complexity index is 324. The molecule has 1 aromatic carbocycles. The predicted octanol–water partition coefficient (Wildman–Crippen LogP) is 2.29. The second kappa shape index (κ2) is 4.77. The lowest BCUT2D eigenvalue weighted by atomic mass is 9.97. The molecule has 1 fully saturated rings. The molecule has 1 aromatic rings. The molecule has 0 aromatic heterocycles. The molecule has 2 unspecified atom stereocenters. The molecule has 0 saturated carbocycles. The van der Waals surface area contributed by atoms with Gasteiger partial charge in [-0.2, -0.15) is 0 Å². The summed E-state index contributed by atoms with van der Waals surface area (Å²) in [6.45, 7) is 4.13. The highest BCUT2D eigenvalue weighted by atomic mass is 16.5. The van der Waals surface area contributed by atoms with Crippen molar-refractivity contribution in [3.63, 3.8) is 0 Å². The molecule has 0 bridgehead atoms. The zero-order valence-electron chi connectivity index (χ0n) is 9.49. The van der Waals surface area contributed by atoms with Gasteiger partial charge in [-0.15, -0.1) is 0 Å². The first-order valence-corrected chi connectivity index (χ1v) is 5.59. The van der Waals surface area contributed by atoms with Crippen LogP contribution < -0.4 is 5.32 Å². The highest BCUT2D eigenvalue weighted by Gasteiger charge is 2.25. The van der Waals surface area contributed by atoms with E-state index in [2.05, 4.69) is 36.5 Å². The SMILES string of the molecule is COCC1CNC(c2ccccc2C)C1. The number of aryl methyl sites for hydroxylation is 1. The number of nitrogens with one attached hydrogen (secondary N) is 1. The zero-order valence-corrected chi connectivity index (χ0v) is 9.49. The summed E-state index contributed by atoms with van der Waals surface area (Å²) in [6, 6.07) is 9.14. The number of hydrogen-bond acceptors (Lipinski definition) is 2. The summed E-state index contributed by atoms with van der Waals surface area (Å²) in [5, 5.41) is 3.57. The number of benzene rings is 1. The van der Waals surface area contributed by atoms with Gasteiger partial charge in [-0.3, -0.25) is 0 Å². The van der Waals surface area contributed by atoms with Crippen LogP contribution in [0.15, 0.2) is 24.3 Å². The second-order valence-corrected chi connectivity index (χ2v) is 4.37. The molecule has 1 heterocycles. The van der Waals surface area contributed by atoms with E-state index in [1.165, 1.54) is 17.5 Å². The summed E-state index contributed by atoms with van der Waals surface area (Å²) in [6.07, 6.45) is 1.19. The van der Waals surface area contributed by atoms with Crippen molar-refractivity contribution in [3.8, 4) is 0 Å². The minimum atomic E-state index is 0.520. The maximum atomic E-state index is 5.20. The minimum Gasteiger partial charge on any atom is -0.384 e. The Kier molecular flexibility index (Phi) is 3.39. The van der Waals surface area contributed by atoms with Gasteiger partial charge in [0, 0.05) is 19.7 Å². The van der Waals surface area contributed by atoms with Crippen molar-refractivity contribution in [3.05, 3.63) is 35.4 Å². The lowest BCUT2D eigenvalue weighted by Crippen LogP contribution is -2.15. The van der Waals surface area contributed by atoms with Crippen molar-refractivity contribution in [1.29, 1.82) is 0 Å². The fourth-order valence-corrected chi connectivity index (χ4v) is 2.39. The van der Waals surface area contributed by atoms with Crippen LogP contribution in [0.1, 0.15) is 23.6 Å². The van der Waals surface area contributed by atoms with Gasteiger partial charge >= 0.3 is 0 Å². The van der Waals surface area contributed by atoms with Gasteiger partial charge in [0.25, 0.3) is 0 Å². The van der Waals surface area contributed by atoms with Crippen molar-refractivity contribution in [2.75, 3.05) is 20.3 Å². The van der Waals surface area contributed by atoms with Crippen LogP contribution in [0.5, 0.6) is 0 Å². The molecule has 15 heavy (non-hydrogen) atoms. The van der Waals surface area contributed by atoms with E-state index in [0.29, 0.717) is 12.0 Å². The monoisotopic (exact) mass is 205 g/mol. The molecule has 1 saturated heterocycles. The number of ether oxygens (including phenoxy) is 1. The molecule has 1 aliphatic heterocycles. The maximum Gasteiger partial charge on any atom is 0.0503 e. The van der Waals surface area contributed by atoms with Gasteiger partial charge in [0.15, 0.2) is 0 Å². The molecule has 0 aliphatic carbocycles. The molecular formula is C13H19NO. The van der Waals surface area contributed by atoms with Gasteiger partial charge < -0.3 is 10.1 Å². The van der Waals surface area contributed by atoms with Crippen LogP contribution in [0.3, 0.4) is 0 Å². The van der Waals surface area contributed by atoms with E-state index >= 15 is 0 Å². The van der Waals surface area contributed by atoms with E-state index in [9.17, 15) is 0 Å². The Morgan fingerprint density at radius 2 is 2.20 bits per heavy atom. The summed E-state index contributed by atoms with van der Waals surface area (Å²) < 4.78 is 5.20. The molecule has 1 aliphatic rings. The van der Waals surface area contributed by atoms with E-state index in [1.54, 1.807) is 7.11 Å². The standard InChI is InChI=1S/C13H19NO/c1-10-5-3-4-6-12(10)13-7-11(8-14-13)9-15-2/h3-6,11,13-14H,7-9H2,1-2H3. The molecule has 82 valence electrons. The molecule has 2 nitrogen and oxygen atoms in total. The van der Waals surface area contributed by atoms with E-state index in [4.69, 9.17) is 4.74 Å². The predicted molar refractivity (Wildman–Crippen MR) is 61.9 cm³/mol. The van der Waals surface area contributed by atoms with Gasteiger partial charge in [0.05, 0.1) is 6.61 Å². The Hall–Kier alpha value is -0.860. The Morgan fingerprint density at radius 3 is 2.93 bits per heavy atom. The van der Waals surface area contributed by atoms with Crippen LogP contribution in [-0.2, 0) is 4.74 Å². The number of hydrogen-bond donors (Lipinski definition) is 1. The Morgan fingerprint density at radius 1 is 1.40 bits per heavy atom. The van der Waals surface area contributed by atoms with Crippen LogP contribution in [0.25, 0.3) is 0 Å². The average molecular weight is 205 g/mol. The fraction of sp³-hybridized carbons (Fsp3) is 0.538. The molecular weight excluding hydrogens is 186 g/mol. The van der Waals surface area contributed by atoms with Crippen molar-refractivity contribution >= 4 is 0 Å². The molecule has 0 amide bonds. The largest absolute Gasteiger partial charge is 0.384 e. The molecule has 0 spiro atoms. The summed E-state index contributed by atoms with van der Waals surface area (Å²) in [5.74, 6) is 0.666. The van der Waals surface area contributed by atoms with E-state index in [0.717, 1.165) is 13.2 Å². The topological polar surface area (TPSA) is 21.3 Å². The summed E-state index contributed by atoms with van der Waals surface area (Å²) in [4.78, 5) is 0. The molecule has 2 atom stereocenters. The molecule has 2 rings (SSSR count). The van der Waals surface area contributed by atoms with Crippen LogP contribution in [0, 0.1) is 12.8 Å². The van der Waals surface area contributed by atoms with E-state index < -0.39 is 0 Å². The third-order valence-corrected chi connectivity index (χ3v) is 3.19. The van der Waals surface area contributed by atoms with Crippen molar-refractivity contribution in [2.24, 2.45) is 5.92 Å². The molecule has 1 N–H and O–H groups in total. The van der Waals surface area contributed by atoms with Gasteiger partial charge in [-0.25, -0.2) is 0 Å². The first-order chi connectivity index (χ1) is 7.31. The first-order valence-electron chi connectivity index (χ1n) is 5.59. The zero-order chi connectivity index (χ0) is 10.7. The lowest BCUT2D eigenvalue weighted by molar-refractivity contribution is 0.159. The average Bonchev–Trinajstić information content (AvgIpc) is 2.68. The summed E-state index contributed by atoms with van der Waals surface area (Å²) >= 11 is 0. The van der Waals surface area contributed by atoms with Gasteiger partial charge in [-0.05, 0) is 30.4 Å². The van der Waals surface area contributed by atoms with Crippen molar-refractivity contribution in [1.82, 2.24) is 5.32 Å². The Balaban J connectivity index is 2.04. The lowest BCUT2D eigenvalue weighted by Gasteiger charge is -2.13.